The van der Waals surface area contributed by atoms with Gasteiger partial charge >= 0.3 is 5.97 Å². The quantitative estimate of drug-likeness (QED) is 0.907. The fraction of sp³-hybridized carbons (Fsp3) is 0.200. The molecule has 0 amide bonds. The third kappa shape index (κ3) is 1.74. The van der Waals surface area contributed by atoms with Crippen molar-refractivity contribution in [2.45, 2.75) is 13.3 Å². The van der Waals surface area contributed by atoms with Gasteiger partial charge < -0.3 is 5.11 Å². The fourth-order valence-corrected chi connectivity index (χ4v) is 1.99. The Labute approximate surface area is 94.7 Å². The maximum atomic E-state index is 10.6. The second-order valence-electron chi connectivity index (χ2n) is 3.30. The lowest BCUT2D eigenvalue weighted by Gasteiger charge is -1.96. The number of aliphatic carboxylic acids is 1. The monoisotopic (exact) mass is 268 g/mol. The predicted molar refractivity (Wildman–Crippen MR) is 59.0 cm³/mol. The lowest BCUT2D eigenvalue weighted by molar-refractivity contribution is -0.136. The number of carbonyl (C=O) groups is 1. The zero-order valence-electron chi connectivity index (χ0n) is 8.07. The van der Waals surface area contributed by atoms with E-state index in [9.17, 15) is 4.79 Å². The van der Waals surface area contributed by atoms with Gasteiger partial charge in [-0.1, -0.05) is 6.07 Å². The molecular weight excluding hydrogens is 260 g/mol. The summed E-state index contributed by atoms with van der Waals surface area (Å²) in [6.07, 6.45) is 1.78. The third-order valence-electron chi connectivity index (χ3n) is 2.17. The third-order valence-corrected chi connectivity index (χ3v) is 3.01. The maximum absolute atomic E-state index is 10.6. The normalized spacial score (nSPS) is 10.8. The highest BCUT2D eigenvalue weighted by Gasteiger charge is 2.13. The van der Waals surface area contributed by atoms with Gasteiger partial charge in [-0.2, -0.15) is 0 Å². The van der Waals surface area contributed by atoms with Crippen LogP contribution in [0.15, 0.2) is 22.9 Å². The van der Waals surface area contributed by atoms with Crippen LogP contribution in [0.1, 0.15) is 11.3 Å². The number of nitrogens with zero attached hydrogens (tertiary/aromatic N) is 2. The summed E-state index contributed by atoms with van der Waals surface area (Å²) >= 11 is 3.35. The van der Waals surface area contributed by atoms with Gasteiger partial charge in [-0.3, -0.25) is 9.20 Å². The summed E-state index contributed by atoms with van der Waals surface area (Å²) in [5.41, 5.74) is 2.37. The van der Waals surface area contributed by atoms with Gasteiger partial charge in [0.15, 0.2) is 0 Å². The van der Waals surface area contributed by atoms with E-state index in [2.05, 4.69) is 20.9 Å². The first-order valence-electron chi connectivity index (χ1n) is 4.43. The topological polar surface area (TPSA) is 54.6 Å². The molecule has 4 nitrogen and oxygen atoms in total. The molecule has 0 aliphatic carbocycles. The van der Waals surface area contributed by atoms with Crippen LogP contribution >= 0.6 is 15.9 Å². The average molecular weight is 269 g/mol. The van der Waals surface area contributed by atoms with Crippen molar-refractivity contribution in [1.82, 2.24) is 9.38 Å². The Morgan fingerprint density at radius 3 is 3.00 bits per heavy atom. The number of aromatic nitrogens is 2. The summed E-state index contributed by atoms with van der Waals surface area (Å²) in [4.78, 5) is 14.9. The number of halogens is 1. The molecule has 15 heavy (non-hydrogen) atoms. The molecule has 2 rings (SSSR count). The molecule has 2 aromatic heterocycles. The molecular formula is C10H9BrN2O2. The SMILES string of the molecule is Cc1cccn2c(Br)c(CC(=O)O)nc12. The summed E-state index contributed by atoms with van der Waals surface area (Å²) in [7, 11) is 0. The molecule has 1 N–H and O–H groups in total. The van der Waals surface area contributed by atoms with E-state index >= 15 is 0 Å². The Balaban J connectivity index is 2.64. The second-order valence-corrected chi connectivity index (χ2v) is 4.06. The molecule has 0 aromatic carbocycles. The van der Waals surface area contributed by atoms with E-state index in [1.54, 1.807) is 0 Å². The first-order chi connectivity index (χ1) is 7.09. The standard InChI is InChI=1S/C10H9BrN2O2/c1-6-3-2-4-13-9(11)7(5-8(14)15)12-10(6)13/h2-4H,5H2,1H3,(H,14,15). The van der Waals surface area contributed by atoms with Gasteiger partial charge in [0.1, 0.15) is 10.3 Å². The molecule has 0 bridgehead atoms. The summed E-state index contributed by atoms with van der Waals surface area (Å²) in [6, 6.07) is 3.85. The van der Waals surface area contributed by atoms with E-state index in [4.69, 9.17) is 5.11 Å². The number of hydrogen-bond acceptors (Lipinski definition) is 2. The lowest BCUT2D eigenvalue weighted by Crippen LogP contribution is -2.00. The van der Waals surface area contributed by atoms with Crippen molar-refractivity contribution in [2.24, 2.45) is 0 Å². The van der Waals surface area contributed by atoms with Gasteiger partial charge in [0.2, 0.25) is 0 Å². The molecule has 2 aromatic rings. The summed E-state index contributed by atoms with van der Waals surface area (Å²) < 4.78 is 2.55. The van der Waals surface area contributed by atoms with Crippen molar-refractivity contribution in [3.8, 4) is 0 Å². The summed E-state index contributed by atoms with van der Waals surface area (Å²) in [6.45, 7) is 1.94. The zero-order chi connectivity index (χ0) is 11.0. The highest BCUT2D eigenvalue weighted by atomic mass is 79.9. The summed E-state index contributed by atoms with van der Waals surface area (Å²) in [5, 5.41) is 8.72. The number of carboxylic acid groups (broad SMARTS) is 1. The molecule has 0 atom stereocenters. The Hall–Kier alpha value is -1.36. The largest absolute Gasteiger partial charge is 0.481 e. The van der Waals surface area contributed by atoms with E-state index in [0.717, 1.165) is 11.2 Å². The number of carboxylic acids is 1. The Morgan fingerprint density at radius 1 is 1.67 bits per heavy atom. The van der Waals surface area contributed by atoms with Crippen molar-refractivity contribution in [3.05, 3.63) is 34.2 Å². The highest BCUT2D eigenvalue weighted by molar-refractivity contribution is 9.10. The molecule has 0 aliphatic heterocycles. The maximum Gasteiger partial charge on any atom is 0.309 e. The number of pyridine rings is 1. The Bertz CT molecular complexity index is 533. The smallest absolute Gasteiger partial charge is 0.309 e. The molecule has 0 aliphatic rings. The molecule has 0 fully saturated rings. The van der Waals surface area contributed by atoms with Gasteiger partial charge in [0, 0.05) is 6.20 Å². The van der Waals surface area contributed by atoms with E-state index in [1.807, 2.05) is 29.7 Å². The van der Waals surface area contributed by atoms with Crippen molar-refractivity contribution >= 4 is 27.5 Å². The van der Waals surface area contributed by atoms with Crippen LogP contribution in [-0.4, -0.2) is 20.5 Å². The minimum atomic E-state index is -0.878. The molecule has 0 saturated carbocycles. The van der Waals surface area contributed by atoms with Gasteiger partial charge in [-0.25, -0.2) is 4.98 Å². The van der Waals surface area contributed by atoms with Gasteiger partial charge in [-0.05, 0) is 34.5 Å². The van der Waals surface area contributed by atoms with Crippen LogP contribution in [0, 0.1) is 6.92 Å². The molecule has 78 valence electrons. The van der Waals surface area contributed by atoms with Gasteiger partial charge in [0.05, 0.1) is 12.1 Å². The zero-order valence-corrected chi connectivity index (χ0v) is 9.65. The number of hydrogen-bond donors (Lipinski definition) is 1. The molecule has 0 saturated heterocycles. The van der Waals surface area contributed by atoms with E-state index < -0.39 is 5.97 Å². The van der Waals surface area contributed by atoms with Gasteiger partial charge in [0.25, 0.3) is 0 Å². The van der Waals surface area contributed by atoms with E-state index in [-0.39, 0.29) is 6.42 Å². The molecule has 0 unspecified atom stereocenters. The van der Waals surface area contributed by atoms with Crippen molar-refractivity contribution < 1.29 is 9.90 Å². The molecule has 2 heterocycles. The Morgan fingerprint density at radius 2 is 2.40 bits per heavy atom. The Kier molecular flexibility index (Phi) is 2.48. The molecule has 5 heteroatoms. The first kappa shape index (κ1) is 10.2. The van der Waals surface area contributed by atoms with E-state index in [1.165, 1.54) is 0 Å². The van der Waals surface area contributed by atoms with Crippen LogP contribution in [-0.2, 0) is 11.2 Å². The second kappa shape index (κ2) is 3.66. The first-order valence-corrected chi connectivity index (χ1v) is 5.22. The lowest BCUT2D eigenvalue weighted by atomic mass is 10.3. The minimum absolute atomic E-state index is 0.0678. The summed E-state index contributed by atoms with van der Waals surface area (Å²) in [5.74, 6) is -0.878. The van der Waals surface area contributed by atoms with Crippen LogP contribution in [0.2, 0.25) is 0 Å². The number of fused-ring (bicyclic) bond motifs is 1. The van der Waals surface area contributed by atoms with E-state index in [0.29, 0.717) is 10.3 Å². The fourth-order valence-electron chi connectivity index (χ4n) is 1.48. The molecule has 0 spiro atoms. The molecule has 0 radical (unpaired) electrons. The van der Waals surface area contributed by atoms with Crippen molar-refractivity contribution in [1.29, 1.82) is 0 Å². The number of imidazole rings is 1. The van der Waals surface area contributed by atoms with Crippen molar-refractivity contribution in [2.75, 3.05) is 0 Å². The van der Waals surface area contributed by atoms with Crippen LogP contribution < -0.4 is 0 Å². The van der Waals surface area contributed by atoms with Crippen LogP contribution in [0.25, 0.3) is 5.65 Å². The van der Waals surface area contributed by atoms with Crippen molar-refractivity contribution in [3.63, 3.8) is 0 Å². The van der Waals surface area contributed by atoms with Crippen LogP contribution in [0.5, 0.6) is 0 Å². The van der Waals surface area contributed by atoms with Gasteiger partial charge in [-0.15, -0.1) is 0 Å². The minimum Gasteiger partial charge on any atom is -0.481 e. The number of aryl methyl sites for hydroxylation is 1. The van der Waals surface area contributed by atoms with Crippen LogP contribution in [0.3, 0.4) is 0 Å². The number of rotatable bonds is 2. The highest BCUT2D eigenvalue weighted by Crippen LogP contribution is 2.21. The average Bonchev–Trinajstić information content (AvgIpc) is 2.46. The predicted octanol–water partition coefficient (Wildman–Crippen LogP) is 2.03. The van der Waals surface area contributed by atoms with Crippen LogP contribution in [0.4, 0.5) is 0 Å².